The molecule has 0 bridgehead atoms. The molecule has 0 spiro atoms. The largest absolute Gasteiger partial charge is 0.457 e. The average Bonchev–Trinajstić information content (AvgIpc) is 2.36. The van der Waals surface area contributed by atoms with Crippen molar-refractivity contribution in [2.24, 2.45) is 0 Å². The van der Waals surface area contributed by atoms with Gasteiger partial charge >= 0.3 is 5.97 Å². The first kappa shape index (κ1) is 16.0. The summed E-state index contributed by atoms with van der Waals surface area (Å²) in [6.45, 7) is 4.52. The second kappa shape index (κ2) is 8.15. The van der Waals surface area contributed by atoms with Crippen molar-refractivity contribution in [3.8, 4) is 0 Å². The summed E-state index contributed by atoms with van der Waals surface area (Å²) in [5, 5.41) is 0.507. The van der Waals surface area contributed by atoms with Crippen molar-refractivity contribution in [2.45, 2.75) is 26.1 Å². The Morgan fingerprint density at radius 2 is 2.00 bits per heavy atom. The maximum atomic E-state index is 11.8. The van der Waals surface area contributed by atoms with Gasteiger partial charge in [0.25, 0.3) is 0 Å². The van der Waals surface area contributed by atoms with Crippen molar-refractivity contribution in [1.82, 2.24) is 0 Å². The van der Waals surface area contributed by atoms with Gasteiger partial charge in [0.15, 0.2) is 0 Å². The average molecular weight is 287 g/mol. The molecular formula is C14H19ClO4. The van der Waals surface area contributed by atoms with Gasteiger partial charge in [-0.3, -0.25) is 0 Å². The van der Waals surface area contributed by atoms with Gasteiger partial charge in [-0.05, 0) is 32.0 Å². The fraction of sp³-hybridized carbons (Fsp3) is 0.500. The Bertz CT molecular complexity index is 408. The van der Waals surface area contributed by atoms with Crippen LogP contribution in [0.2, 0.25) is 5.02 Å². The van der Waals surface area contributed by atoms with Gasteiger partial charge in [-0.15, -0.1) is 0 Å². The highest BCUT2D eigenvalue weighted by atomic mass is 35.5. The fourth-order valence-corrected chi connectivity index (χ4v) is 1.67. The molecule has 5 heteroatoms. The highest BCUT2D eigenvalue weighted by Crippen LogP contribution is 2.12. The SMILES string of the molecule is COCC(C)OCC(C)OC(=O)c1cccc(Cl)c1. The molecule has 0 N–H and O–H groups in total. The van der Waals surface area contributed by atoms with Gasteiger partial charge in [0.05, 0.1) is 24.9 Å². The van der Waals surface area contributed by atoms with Crippen molar-refractivity contribution < 1.29 is 19.0 Å². The van der Waals surface area contributed by atoms with Crippen molar-refractivity contribution in [1.29, 1.82) is 0 Å². The van der Waals surface area contributed by atoms with Crippen LogP contribution in [0.15, 0.2) is 24.3 Å². The van der Waals surface area contributed by atoms with Crippen LogP contribution in [-0.2, 0) is 14.2 Å². The minimum absolute atomic E-state index is 0.0303. The molecule has 1 rings (SSSR count). The third kappa shape index (κ3) is 6.05. The number of esters is 1. The summed E-state index contributed by atoms with van der Waals surface area (Å²) < 4.78 is 15.7. The summed E-state index contributed by atoms with van der Waals surface area (Å²) in [5.41, 5.74) is 0.435. The molecule has 4 nitrogen and oxygen atoms in total. The number of carbonyl (C=O) groups is 1. The monoisotopic (exact) mass is 286 g/mol. The minimum atomic E-state index is -0.405. The van der Waals surface area contributed by atoms with Crippen LogP contribution in [0, 0.1) is 0 Å². The van der Waals surface area contributed by atoms with Crippen LogP contribution in [0.3, 0.4) is 0 Å². The lowest BCUT2D eigenvalue weighted by Gasteiger charge is -2.17. The molecular weight excluding hydrogens is 268 g/mol. The van der Waals surface area contributed by atoms with Gasteiger partial charge in [0, 0.05) is 12.1 Å². The summed E-state index contributed by atoms with van der Waals surface area (Å²) in [4.78, 5) is 11.8. The van der Waals surface area contributed by atoms with E-state index in [0.29, 0.717) is 23.8 Å². The number of rotatable bonds is 7. The Balaban J connectivity index is 2.40. The van der Waals surface area contributed by atoms with Crippen LogP contribution >= 0.6 is 11.6 Å². The van der Waals surface area contributed by atoms with Gasteiger partial charge < -0.3 is 14.2 Å². The Hall–Kier alpha value is -1.10. The fourth-order valence-electron chi connectivity index (χ4n) is 1.48. The topological polar surface area (TPSA) is 44.8 Å². The van der Waals surface area contributed by atoms with Crippen molar-refractivity contribution >= 4 is 17.6 Å². The number of hydrogen-bond acceptors (Lipinski definition) is 4. The summed E-state index contributed by atoms with van der Waals surface area (Å²) in [5.74, 6) is -0.405. The van der Waals surface area contributed by atoms with E-state index >= 15 is 0 Å². The predicted molar refractivity (Wildman–Crippen MR) is 73.6 cm³/mol. The Morgan fingerprint density at radius 3 is 2.63 bits per heavy atom. The first-order valence-corrected chi connectivity index (χ1v) is 6.47. The Kier molecular flexibility index (Phi) is 6.84. The molecule has 0 aliphatic heterocycles. The first-order chi connectivity index (χ1) is 9.02. The maximum absolute atomic E-state index is 11.8. The Labute approximate surface area is 118 Å². The van der Waals surface area contributed by atoms with Crippen LogP contribution in [-0.4, -0.2) is 38.5 Å². The van der Waals surface area contributed by atoms with E-state index < -0.39 is 5.97 Å². The number of ether oxygens (including phenoxy) is 3. The minimum Gasteiger partial charge on any atom is -0.457 e. The first-order valence-electron chi connectivity index (χ1n) is 6.10. The zero-order chi connectivity index (χ0) is 14.3. The number of halogens is 1. The van der Waals surface area contributed by atoms with Crippen LogP contribution in [0.25, 0.3) is 0 Å². The lowest BCUT2D eigenvalue weighted by Crippen LogP contribution is -2.25. The Morgan fingerprint density at radius 1 is 1.26 bits per heavy atom. The molecule has 1 aromatic rings. The van der Waals surface area contributed by atoms with E-state index in [-0.39, 0.29) is 12.2 Å². The molecule has 2 unspecified atom stereocenters. The molecule has 106 valence electrons. The van der Waals surface area contributed by atoms with E-state index in [1.807, 2.05) is 6.92 Å². The summed E-state index contributed by atoms with van der Waals surface area (Å²) >= 11 is 5.82. The lowest BCUT2D eigenvalue weighted by atomic mass is 10.2. The molecule has 0 saturated carbocycles. The zero-order valence-corrected chi connectivity index (χ0v) is 12.1. The molecule has 0 amide bonds. The predicted octanol–water partition coefficient (Wildman–Crippen LogP) is 2.94. The van der Waals surface area contributed by atoms with Gasteiger partial charge in [0.2, 0.25) is 0 Å². The lowest BCUT2D eigenvalue weighted by molar-refractivity contribution is -0.0383. The molecule has 0 aliphatic rings. The third-order valence-corrected chi connectivity index (χ3v) is 2.62. The molecule has 0 aromatic heterocycles. The van der Waals surface area contributed by atoms with Gasteiger partial charge in [-0.25, -0.2) is 4.79 Å². The molecule has 0 aliphatic carbocycles. The van der Waals surface area contributed by atoms with Crippen molar-refractivity contribution in [3.05, 3.63) is 34.9 Å². The molecule has 2 atom stereocenters. The maximum Gasteiger partial charge on any atom is 0.338 e. The second-order valence-electron chi connectivity index (χ2n) is 4.33. The second-order valence-corrected chi connectivity index (χ2v) is 4.76. The number of carbonyl (C=O) groups excluding carboxylic acids is 1. The van der Waals surface area contributed by atoms with Crippen LogP contribution < -0.4 is 0 Å². The molecule has 0 radical (unpaired) electrons. The van der Waals surface area contributed by atoms with Gasteiger partial charge in [0.1, 0.15) is 6.10 Å². The third-order valence-electron chi connectivity index (χ3n) is 2.39. The molecule has 0 fully saturated rings. The van der Waals surface area contributed by atoms with E-state index in [0.717, 1.165) is 0 Å². The van der Waals surface area contributed by atoms with Crippen LogP contribution in [0.4, 0.5) is 0 Å². The van der Waals surface area contributed by atoms with E-state index in [1.54, 1.807) is 38.3 Å². The van der Waals surface area contributed by atoms with E-state index in [2.05, 4.69) is 0 Å². The normalized spacial score (nSPS) is 13.9. The standard InChI is InChI=1S/C14H19ClO4/c1-10(8-17-3)18-9-11(2)19-14(16)12-5-4-6-13(15)7-12/h4-7,10-11H,8-9H2,1-3H3. The zero-order valence-electron chi connectivity index (χ0n) is 11.4. The summed E-state index contributed by atoms with van der Waals surface area (Å²) in [6, 6.07) is 6.65. The summed E-state index contributed by atoms with van der Waals surface area (Å²) in [7, 11) is 1.61. The highest BCUT2D eigenvalue weighted by Gasteiger charge is 2.13. The number of benzene rings is 1. The van der Waals surface area contributed by atoms with Crippen LogP contribution in [0.1, 0.15) is 24.2 Å². The van der Waals surface area contributed by atoms with Gasteiger partial charge in [-0.2, -0.15) is 0 Å². The number of hydrogen-bond donors (Lipinski definition) is 0. The van der Waals surface area contributed by atoms with Gasteiger partial charge in [-0.1, -0.05) is 17.7 Å². The number of methoxy groups -OCH3 is 1. The quantitative estimate of drug-likeness (QED) is 0.723. The van der Waals surface area contributed by atoms with Crippen molar-refractivity contribution in [2.75, 3.05) is 20.3 Å². The van der Waals surface area contributed by atoms with E-state index in [4.69, 9.17) is 25.8 Å². The molecule has 1 aromatic carbocycles. The van der Waals surface area contributed by atoms with Crippen LogP contribution in [0.5, 0.6) is 0 Å². The highest BCUT2D eigenvalue weighted by molar-refractivity contribution is 6.30. The van der Waals surface area contributed by atoms with Crippen molar-refractivity contribution in [3.63, 3.8) is 0 Å². The summed E-state index contributed by atoms with van der Waals surface area (Å²) in [6.07, 6.45) is -0.358. The molecule has 19 heavy (non-hydrogen) atoms. The van der Waals surface area contributed by atoms with E-state index in [9.17, 15) is 4.79 Å². The molecule has 0 saturated heterocycles. The van der Waals surface area contributed by atoms with E-state index in [1.165, 1.54) is 0 Å². The smallest absolute Gasteiger partial charge is 0.338 e. The molecule has 0 heterocycles.